The van der Waals surface area contributed by atoms with Crippen molar-refractivity contribution < 1.29 is 19.2 Å². The fourth-order valence-corrected chi connectivity index (χ4v) is 5.70. The van der Waals surface area contributed by atoms with Crippen molar-refractivity contribution in [1.29, 1.82) is 0 Å². The van der Waals surface area contributed by atoms with E-state index in [0.29, 0.717) is 24.5 Å². The zero-order valence-corrected chi connectivity index (χ0v) is 20.8. The van der Waals surface area contributed by atoms with Gasteiger partial charge in [-0.2, -0.15) is 0 Å². The van der Waals surface area contributed by atoms with Crippen molar-refractivity contribution in [3.05, 3.63) is 35.9 Å². The molecule has 1 N–H and O–H groups in total. The van der Waals surface area contributed by atoms with Crippen LogP contribution in [0.25, 0.3) is 0 Å². The Kier molecular flexibility index (Phi) is 8.21. The number of nitrogens with zero attached hydrogens (tertiary/aromatic N) is 2. The first-order chi connectivity index (χ1) is 15.6. The van der Waals surface area contributed by atoms with E-state index >= 15 is 0 Å². The Morgan fingerprint density at radius 1 is 1.15 bits per heavy atom. The van der Waals surface area contributed by atoms with Crippen LogP contribution in [0.3, 0.4) is 0 Å². The summed E-state index contributed by atoms with van der Waals surface area (Å²) < 4.78 is 0. The summed E-state index contributed by atoms with van der Waals surface area (Å²) in [7, 11) is 0. The molecule has 1 aromatic carbocycles. The molecule has 33 heavy (non-hydrogen) atoms. The Morgan fingerprint density at radius 3 is 2.48 bits per heavy atom. The number of ketones is 1. The van der Waals surface area contributed by atoms with Gasteiger partial charge in [0.2, 0.25) is 17.6 Å². The molecule has 2 fully saturated rings. The summed E-state index contributed by atoms with van der Waals surface area (Å²) in [6.07, 6.45) is 3.02. The van der Waals surface area contributed by atoms with Crippen LogP contribution in [0.1, 0.15) is 52.5 Å². The first-order valence-electron chi connectivity index (χ1n) is 11.7. The fraction of sp³-hybridized carbons (Fsp3) is 0.600. The number of rotatable bonds is 8. The van der Waals surface area contributed by atoms with E-state index in [1.165, 1.54) is 16.7 Å². The van der Waals surface area contributed by atoms with Crippen LogP contribution < -0.4 is 5.32 Å². The predicted molar refractivity (Wildman–Crippen MR) is 130 cm³/mol. The lowest BCUT2D eigenvalue weighted by molar-refractivity contribution is -0.149. The Hall–Kier alpha value is -2.35. The highest BCUT2D eigenvalue weighted by molar-refractivity contribution is 7.99. The quantitative estimate of drug-likeness (QED) is 0.587. The van der Waals surface area contributed by atoms with Gasteiger partial charge in [0.25, 0.3) is 5.91 Å². The van der Waals surface area contributed by atoms with Crippen molar-refractivity contribution >= 4 is 35.3 Å². The maximum Gasteiger partial charge on any atom is 0.293 e. The lowest BCUT2D eigenvalue weighted by atomic mass is 9.96. The molecule has 2 heterocycles. The van der Waals surface area contributed by atoms with Gasteiger partial charge in [0.05, 0.1) is 12.4 Å². The number of nitrogens with one attached hydrogen (secondary N) is 1. The lowest BCUT2D eigenvalue weighted by Crippen LogP contribution is -2.54. The number of carbonyl (C=O) groups excluding carboxylic acids is 4. The van der Waals surface area contributed by atoms with Crippen LogP contribution >= 0.6 is 11.8 Å². The lowest BCUT2D eigenvalue weighted by Gasteiger charge is -2.28. The monoisotopic (exact) mass is 473 g/mol. The third kappa shape index (κ3) is 6.37. The fourth-order valence-electron chi connectivity index (χ4n) is 4.54. The van der Waals surface area contributed by atoms with Crippen molar-refractivity contribution in [2.75, 3.05) is 18.2 Å². The van der Waals surface area contributed by atoms with Gasteiger partial charge in [-0.25, -0.2) is 0 Å². The second kappa shape index (κ2) is 10.7. The molecular formula is C25H35N3O4S. The average Bonchev–Trinajstić information content (AvgIpc) is 3.34. The molecule has 3 amide bonds. The minimum Gasteiger partial charge on any atom is -0.350 e. The second-order valence-electron chi connectivity index (χ2n) is 9.98. The largest absolute Gasteiger partial charge is 0.350 e. The second-order valence-corrected chi connectivity index (χ2v) is 11.0. The minimum atomic E-state index is -0.681. The molecule has 8 heteroatoms. The Balaban J connectivity index is 1.70. The highest BCUT2D eigenvalue weighted by Crippen LogP contribution is 2.30. The number of amides is 3. The van der Waals surface area contributed by atoms with Crippen LogP contribution in [0.2, 0.25) is 0 Å². The summed E-state index contributed by atoms with van der Waals surface area (Å²) in [5, 5.41) is 2.90. The first kappa shape index (κ1) is 25.3. The van der Waals surface area contributed by atoms with Crippen LogP contribution in [0.4, 0.5) is 0 Å². The van der Waals surface area contributed by atoms with E-state index < -0.39 is 23.3 Å². The van der Waals surface area contributed by atoms with Crippen LogP contribution in [0, 0.1) is 5.92 Å². The van der Waals surface area contributed by atoms with Gasteiger partial charge in [-0.15, -0.1) is 11.8 Å². The van der Waals surface area contributed by atoms with E-state index in [9.17, 15) is 19.2 Å². The van der Waals surface area contributed by atoms with E-state index in [-0.39, 0.29) is 30.3 Å². The third-order valence-electron chi connectivity index (χ3n) is 6.08. The number of thioether (sulfide) groups is 1. The summed E-state index contributed by atoms with van der Waals surface area (Å²) in [5.74, 6) is -0.966. The molecule has 180 valence electrons. The summed E-state index contributed by atoms with van der Waals surface area (Å²) >= 11 is 1.45. The number of benzene rings is 1. The summed E-state index contributed by atoms with van der Waals surface area (Å²) in [4.78, 5) is 54.8. The Bertz CT molecular complexity index is 883. The van der Waals surface area contributed by atoms with Crippen molar-refractivity contribution in [3.8, 4) is 0 Å². The van der Waals surface area contributed by atoms with E-state index in [1.807, 2.05) is 58.0 Å². The van der Waals surface area contributed by atoms with Crippen LogP contribution in [-0.4, -0.2) is 69.1 Å². The molecule has 2 aliphatic rings. The normalized spacial score (nSPS) is 23.2. The summed E-state index contributed by atoms with van der Waals surface area (Å²) in [6, 6.07) is 9.12. The number of hydrogen-bond acceptors (Lipinski definition) is 5. The molecule has 0 radical (unpaired) electrons. The van der Waals surface area contributed by atoms with Crippen LogP contribution in [-0.2, 0) is 25.6 Å². The van der Waals surface area contributed by atoms with Crippen molar-refractivity contribution in [2.45, 2.75) is 71.0 Å². The van der Waals surface area contributed by atoms with Gasteiger partial charge in [0.15, 0.2) is 0 Å². The molecule has 2 saturated heterocycles. The summed E-state index contributed by atoms with van der Waals surface area (Å²) in [6.45, 7) is 7.45. The van der Waals surface area contributed by atoms with Crippen LogP contribution in [0.5, 0.6) is 0 Å². The molecule has 2 unspecified atom stereocenters. The maximum atomic E-state index is 13.1. The molecule has 3 rings (SSSR count). The zero-order valence-electron chi connectivity index (χ0n) is 20.0. The molecular weight excluding hydrogens is 438 g/mol. The molecule has 0 bridgehead atoms. The number of Topliss-reactive ketones (excluding diaryl/α,β-unsaturated/α-hetero) is 1. The first-order valence-corrected chi connectivity index (χ1v) is 12.8. The molecule has 1 aromatic rings. The van der Waals surface area contributed by atoms with Gasteiger partial charge in [-0.3, -0.25) is 19.2 Å². The number of hydrogen-bond donors (Lipinski definition) is 1. The zero-order chi connectivity index (χ0) is 24.2. The van der Waals surface area contributed by atoms with Gasteiger partial charge in [-0.05, 0) is 45.6 Å². The number of likely N-dealkylation sites (tertiary alicyclic amines) is 1. The number of carbonyl (C=O) groups is 4. The van der Waals surface area contributed by atoms with E-state index in [4.69, 9.17) is 0 Å². The Morgan fingerprint density at radius 2 is 1.85 bits per heavy atom. The van der Waals surface area contributed by atoms with Gasteiger partial charge in [-0.1, -0.05) is 43.7 Å². The van der Waals surface area contributed by atoms with Crippen molar-refractivity contribution in [3.63, 3.8) is 0 Å². The molecule has 7 nitrogen and oxygen atoms in total. The molecule has 0 aromatic heterocycles. The maximum absolute atomic E-state index is 13.1. The molecule has 3 atom stereocenters. The highest BCUT2D eigenvalue weighted by atomic mass is 32.2. The molecule has 0 saturated carbocycles. The predicted octanol–water partition coefficient (Wildman–Crippen LogP) is 2.63. The van der Waals surface area contributed by atoms with Gasteiger partial charge in [0, 0.05) is 23.3 Å². The van der Waals surface area contributed by atoms with Gasteiger partial charge in [0.1, 0.15) is 6.04 Å². The van der Waals surface area contributed by atoms with Crippen molar-refractivity contribution in [1.82, 2.24) is 15.1 Å². The standard InChI is InChI=1S/C25H35N3O4S/c1-5-9-18-13-19(12-17-10-7-6-8-11-17)27(23(18)31)14-21(29)24(32)28-16-33-15-20(28)22(30)26-25(2,3)4/h6-8,10-11,18-20H,5,9,12-16H2,1-4H3,(H,26,30)/t18?,19-,20?/m0/s1. The van der Waals surface area contributed by atoms with Gasteiger partial charge >= 0.3 is 0 Å². The molecule has 0 spiro atoms. The average molecular weight is 474 g/mol. The van der Waals surface area contributed by atoms with E-state index in [1.54, 1.807) is 4.90 Å². The molecule has 2 aliphatic heterocycles. The SMILES string of the molecule is CCCC1C[C@H](Cc2ccccc2)N(CC(=O)C(=O)N2CSCC2C(=O)NC(C)(C)C)C1=O. The minimum absolute atomic E-state index is 0.0447. The Labute approximate surface area is 200 Å². The highest BCUT2D eigenvalue weighted by Gasteiger charge is 2.43. The molecule has 0 aliphatic carbocycles. The van der Waals surface area contributed by atoms with Crippen LogP contribution in [0.15, 0.2) is 30.3 Å². The van der Waals surface area contributed by atoms with E-state index in [0.717, 1.165) is 18.4 Å². The van der Waals surface area contributed by atoms with E-state index in [2.05, 4.69) is 5.32 Å². The van der Waals surface area contributed by atoms with Gasteiger partial charge < -0.3 is 15.1 Å². The smallest absolute Gasteiger partial charge is 0.293 e. The topological polar surface area (TPSA) is 86.8 Å². The third-order valence-corrected chi connectivity index (χ3v) is 7.09. The van der Waals surface area contributed by atoms with Crippen molar-refractivity contribution in [2.24, 2.45) is 5.92 Å². The summed E-state index contributed by atoms with van der Waals surface area (Å²) in [5.41, 5.74) is 0.676.